The van der Waals surface area contributed by atoms with Crippen LogP contribution in [0.3, 0.4) is 0 Å². The van der Waals surface area contributed by atoms with E-state index in [-0.39, 0.29) is 6.29 Å². The predicted molar refractivity (Wildman–Crippen MR) is 64.2 cm³/mol. The second kappa shape index (κ2) is 3.77. The van der Waals surface area contributed by atoms with Crippen molar-refractivity contribution in [2.45, 2.75) is 13.2 Å². The Balaban J connectivity index is 1.93. The molecule has 84 valence electrons. The number of rotatable bonds is 2. The first-order valence-corrected chi connectivity index (χ1v) is 5.50. The van der Waals surface area contributed by atoms with Crippen molar-refractivity contribution in [3.05, 3.63) is 23.9 Å². The summed E-state index contributed by atoms with van der Waals surface area (Å²) < 4.78 is 0. The van der Waals surface area contributed by atoms with Gasteiger partial charge in [0.2, 0.25) is 0 Å². The van der Waals surface area contributed by atoms with Crippen molar-refractivity contribution in [1.29, 1.82) is 0 Å². The average molecular weight is 217 g/mol. The highest BCUT2D eigenvalue weighted by Crippen LogP contribution is 2.23. The topological polar surface area (TPSA) is 64.8 Å². The molecule has 0 bridgehead atoms. The highest BCUT2D eigenvalue weighted by molar-refractivity contribution is 5.86. The Morgan fingerprint density at radius 3 is 2.94 bits per heavy atom. The Labute approximate surface area is 93.6 Å². The summed E-state index contributed by atoms with van der Waals surface area (Å²) in [6, 6.07) is 4.16. The first-order valence-electron chi connectivity index (χ1n) is 5.50. The highest BCUT2D eigenvalue weighted by atomic mass is 15.3. The van der Waals surface area contributed by atoms with Crippen molar-refractivity contribution in [2.24, 2.45) is 0 Å². The van der Waals surface area contributed by atoms with E-state index >= 15 is 0 Å². The minimum atomic E-state index is 0.166. The van der Waals surface area contributed by atoms with Crippen molar-refractivity contribution in [3.8, 4) is 0 Å². The molecule has 0 spiro atoms. The summed E-state index contributed by atoms with van der Waals surface area (Å²) in [5.41, 5.74) is 3.43. The number of benzene rings is 1. The smallest absolute Gasteiger partial charge is 0.132 e. The molecule has 2 heterocycles. The lowest BCUT2D eigenvalue weighted by Crippen LogP contribution is -2.38. The molecule has 16 heavy (non-hydrogen) atoms. The molecule has 0 radical (unpaired) electrons. The third-order valence-electron chi connectivity index (χ3n) is 3.00. The summed E-state index contributed by atoms with van der Waals surface area (Å²) in [4.78, 5) is 0. The Kier molecular flexibility index (Phi) is 2.27. The van der Waals surface area contributed by atoms with Crippen LogP contribution in [0.1, 0.15) is 5.56 Å². The molecule has 0 aliphatic carbocycles. The Morgan fingerprint density at radius 1 is 1.31 bits per heavy atom. The summed E-state index contributed by atoms with van der Waals surface area (Å²) in [5, 5.41) is 18.3. The second-order valence-electron chi connectivity index (χ2n) is 4.06. The van der Waals surface area contributed by atoms with Gasteiger partial charge in [0.15, 0.2) is 0 Å². The van der Waals surface area contributed by atoms with Gasteiger partial charge in [-0.2, -0.15) is 5.10 Å². The van der Waals surface area contributed by atoms with E-state index in [9.17, 15) is 0 Å². The second-order valence-corrected chi connectivity index (χ2v) is 4.06. The molecule has 2 aromatic rings. The third-order valence-corrected chi connectivity index (χ3v) is 3.00. The number of fused-ring (bicyclic) bond motifs is 1. The molecule has 4 N–H and O–H groups in total. The average Bonchev–Trinajstić information content (AvgIpc) is 2.93. The number of nitrogens with one attached hydrogen (secondary N) is 4. The number of hydrogen-bond acceptors (Lipinski definition) is 4. The quantitative estimate of drug-likeness (QED) is 0.599. The number of anilines is 1. The van der Waals surface area contributed by atoms with Gasteiger partial charge in [-0.05, 0) is 24.6 Å². The summed E-state index contributed by atoms with van der Waals surface area (Å²) >= 11 is 0. The van der Waals surface area contributed by atoms with Gasteiger partial charge in [0.25, 0.3) is 0 Å². The monoisotopic (exact) mass is 217 g/mol. The van der Waals surface area contributed by atoms with Gasteiger partial charge in [-0.1, -0.05) is 0 Å². The van der Waals surface area contributed by atoms with Gasteiger partial charge >= 0.3 is 0 Å². The van der Waals surface area contributed by atoms with Gasteiger partial charge in [0.05, 0.1) is 11.7 Å². The lowest BCUT2D eigenvalue weighted by atomic mass is 10.1. The van der Waals surface area contributed by atoms with Crippen LogP contribution in [0.2, 0.25) is 0 Å². The van der Waals surface area contributed by atoms with E-state index in [1.54, 1.807) is 0 Å². The Hall–Kier alpha value is -1.59. The summed E-state index contributed by atoms with van der Waals surface area (Å²) in [7, 11) is 0. The molecule has 0 amide bonds. The molecular weight excluding hydrogens is 202 g/mol. The van der Waals surface area contributed by atoms with Gasteiger partial charge in [0.1, 0.15) is 6.29 Å². The van der Waals surface area contributed by atoms with Crippen LogP contribution in [0, 0.1) is 6.92 Å². The molecular formula is C11H15N5. The minimum Gasteiger partial charge on any atom is -0.357 e. The molecule has 0 saturated carbocycles. The summed E-state index contributed by atoms with van der Waals surface area (Å²) in [6.45, 7) is 4.10. The molecule has 5 heteroatoms. The van der Waals surface area contributed by atoms with Crippen LogP contribution < -0.4 is 16.0 Å². The normalized spacial score (nSPS) is 17.1. The van der Waals surface area contributed by atoms with Crippen LogP contribution >= 0.6 is 0 Å². The predicted octanol–water partition coefficient (Wildman–Crippen LogP) is 0.760. The van der Waals surface area contributed by atoms with Crippen molar-refractivity contribution < 1.29 is 0 Å². The van der Waals surface area contributed by atoms with Crippen molar-refractivity contribution >= 4 is 16.6 Å². The third kappa shape index (κ3) is 1.54. The molecule has 1 aromatic carbocycles. The number of aryl methyl sites for hydroxylation is 1. The summed E-state index contributed by atoms with van der Waals surface area (Å²) in [5.74, 6) is 0. The maximum atomic E-state index is 4.05. The van der Waals surface area contributed by atoms with Crippen LogP contribution in [-0.4, -0.2) is 29.6 Å². The van der Waals surface area contributed by atoms with Gasteiger partial charge in [-0.3, -0.25) is 15.7 Å². The van der Waals surface area contributed by atoms with Gasteiger partial charge in [0, 0.05) is 24.2 Å². The number of H-pyrrole nitrogens is 1. The number of nitrogens with zero attached hydrogens (tertiary/aromatic N) is 1. The van der Waals surface area contributed by atoms with E-state index < -0.39 is 0 Å². The lowest BCUT2D eigenvalue weighted by Gasteiger charge is -2.16. The van der Waals surface area contributed by atoms with Crippen molar-refractivity contribution in [2.75, 3.05) is 18.4 Å². The fourth-order valence-corrected chi connectivity index (χ4v) is 2.07. The molecule has 1 aliphatic heterocycles. The molecule has 3 rings (SSSR count). The summed E-state index contributed by atoms with van der Waals surface area (Å²) in [6.07, 6.45) is 2.01. The molecule has 1 saturated heterocycles. The molecule has 5 nitrogen and oxygen atoms in total. The van der Waals surface area contributed by atoms with Crippen LogP contribution in [0.4, 0.5) is 5.69 Å². The number of aromatic nitrogens is 2. The van der Waals surface area contributed by atoms with E-state index in [1.807, 2.05) is 6.20 Å². The zero-order chi connectivity index (χ0) is 11.0. The van der Waals surface area contributed by atoms with Gasteiger partial charge < -0.3 is 5.32 Å². The van der Waals surface area contributed by atoms with Gasteiger partial charge in [-0.15, -0.1) is 0 Å². The van der Waals surface area contributed by atoms with Crippen LogP contribution in [0.25, 0.3) is 10.9 Å². The van der Waals surface area contributed by atoms with Crippen molar-refractivity contribution in [3.63, 3.8) is 0 Å². The van der Waals surface area contributed by atoms with Crippen LogP contribution in [-0.2, 0) is 0 Å². The van der Waals surface area contributed by atoms with Crippen LogP contribution in [0.15, 0.2) is 18.3 Å². The first kappa shape index (κ1) is 9.62. The fourth-order valence-electron chi connectivity index (χ4n) is 2.07. The number of hydrogen-bond donors (Lipinski definition) is 4. The maximum absolute atomic E-state index is 4.05. The molecule has 1 aromatic heterocycles. The first-order chi connectivity index (χ1) is 7.84. The molecule has 0 atom stereocenters. The van der Waals surface area contributed by atoms with Crippen molar-refractivity contribution in [1.82, 2.24) is 20.8 Å². The largest absolute Gasteiger partial charge is 0.357 e. The molecule has 1 fully saturated rings. The van der Waals surface area contributed by atoms with Crippen LogP contribution in [0.5, 0.6) is 0 Å². The number of aromatic amines is 1. The lowest BCUT2D eigenvalue weighted by molar-refractivity contribution is 0.620. The maximum Gasteiger partial charge on any atom is 0.132 e. The van der Waals surface area contributed by atoms with E-state index in [2.05, 4.69) is 45.2 Å². The minimum absolute atomic E-state index is 0.166. The van der Waals surface area contributed by atoms with E-state index in [1.165, 1.54) is 5.56 Å². The van der Waals surface area contributed by atoms with E-state index in [0.717, 1.165) is 29.7 Å². The Morgan fingerprint density at radius 2 is 2.12 bits per heavy atom. The highest BCUT2D eigenvalue weighted by Gasteiger charge is 2.14. The van der Waals surface area contributed by atoms with Gasteiger partial charge in [-0.25, -0.2) is 0 Å². The zero-order valence-electron chi connectivity index (χ0n) is 9.17. The van der Waals surface area contributed by atoms with E-state index in [4.69, 9.17) is 0 Å². The molecule has 1 aliphatic rings. The standard InChI is InChI=1S/C11H15N5/c1-7-9(15-11-12-4-5-13-11)3-2-8-6-14-16-10(7)8/h2-3,6,11-13,15H,4-5H2,1H3,(H,14,16). The van der Waals surface area contributed by atoms with E-state index in [0.29, 0.717) is 0 Å². The fraction of sp³-hybridized carbons (Fsp3) is 0.364. The molecule has 0 unspecified atom stereocenters. The SMILES string of the molecule is Cc1c(NC2NCCN2)ccc2cn[nH]c12. The Bertz CT molecular complexity index is 498. The zero-order valence-corrected chi connectivity index (χ0v) is 9.17.